The van der Waals surface area contributed by atoms with Gasteiger partial charge in [0.2, 0.25) is 10.0 Å². The monoisotopic (exact) mass is 349 g/mol. The minimum absolute atomic E-state index is 0.0755. The summed E-state index contributed by atoms with van der Waals surface area (Å²) in [6.45, 7) is 3.00. The molecule has 24 heavy (non-hydrogen) atoms. The van der Waals surface area contributed by atoms with Gasteiger partial charge >= 0.3 is 0 Å². The first-order valence-corrected chi connectivity index (χ1v) is 8.63. The number of carbonyl (C=O) groups is 2. The Morgan fingerprint density at radius 2 is 2.00 bits per heavy atom. The molecule has 0 bridgehead atoms. The Labute approximate surface area is 138 Å². The molecule has 2 aromatic rings. The molecule has 3 heterocycles. The number of pyridine rings is 1. The molecule has 0 atom stereocenters. The number of fused-ring (bicyclic) bond motifs is 1. The van der Waals surface area contributed by atoms with Gasteiger partial charge in [-0.1, -0.05) is 0 Å². The summed E-state index contributed by atoms with van der Waals surface area (Å²) in [6.07, 6.45) is 1.43. The van der Waals surface area contributed by atoms with E-state index in [1.807, 2.05) is 0 Å². The molecule has 2 aromatic heterocycles. The van der Waals surface area contributed by atoms with Gasteiger partial charge in [-0.15, -0.1) is 0 Å². The van der Waals surface area contributed by atoms with Gasteiger partial charge in [-0.2, -0.15) is 5.10 Å². The second-order valence-corrected chi connectivity index (χ2v) is 7.03. The van der Waals surface area contributed by atoms with Crippen molar-refractivity contribution in [1.29, 1.82) is 0 Å². The van der Waals surface area contributed by atoms with Gasteiger partial charge < -0.3 is 0 Å². The number of imide groups is 1. The normalized spacial score (nSPS) is 14.3. The predicted octanol–water partition coefficient (Wildman–Crippen LogP) is -0.00396. The van der Waals surface area contributed by atoms with Crippen LogP contribution in [-0.4, -0.2) is 53.4 Å². The number of rotatable bonds is 5. The molecule has 2 N–H and O–H groups in total. The van der Waals surface area contributed by atoms with Gasteiger partial charge in [0.05, 0.1) is 17.0 Å². The highest BCUT2D eigenvalue weighted by atomic mass is 32.2. The first kappa shape index (κ1) is 16.3. The summed E-state index contributed by atoms with van der Waals surface area (Å²) < 4.78 is 27.0. The van der Waals surface area contributed by atoms with Crippen molar-refractivity contribution >= 4 is 21.8 Å². The summed E-state index contributed by atoms with van der Waals surface area (Å²) in [5.74, 6) is -0.997. The third-order valence-electron chi connectivity index (χ3n) is 3.69. The molecule has 10 heteroatoms. The summed E-state index contributed by atoms with van der Waals surface area (Å²) in [6, 6.07) is 3.09. The lowest BCUT2D eigenvalue weighted by Gasteiger charge is -2.14. The fraction of sp³-hybridized carbons (Fsp3) is 0.286. The van der Waals surface area contributed by atoms with Gasteiger partial charge in [-0.05, 0) is 26.0 Å². The number of sulfonamides is 1. The third kappa shape index (κ3) is 2.59. The van der Waals surface area contributed by atoms with E-state index in [0.29, 0.717) is 11.4 Å². The molecule has 2 amide bonds. The van der Waals surface area contributed by atoms with E-state index in [9.17, 15) is 18.0 Å². The van der Waals surface area contributed by atoms with Crippen molar-refractivity contribution in [3.05, 3.63) is 41.0 Å². The molecule has 9 nitrogen and oxygen atoms in total. The average Bonchev–Trinajstić information content (AvgIpc) is 3.00. The van der Waals surface area contributed by atoms with Crippen LogP contribution in [0.3, 0.4) is 0 Å². The molecule has 0 aliphatic carbocycles. The molecular formula is C14H15N5O4S. The Balaban J connectivity index is 1.70. The highest BCUT2D eigenvalue weighted by Crippen LogP contribution is 2.20. The first-order chi connectivity index (χ1) is 11.3. The Kier molecular flexibility index (Phi) is 3.93. The van der Waals surface area contributed by atoms with E-state index in [0.717, 1.165) is 4.90 Å². The van der Waals surface area contributed by atoms with Gasteiger partial charge in [-0.25, -0.2) is 13.1 Å². The summed E-state index contributed by atoms with van der Waals surface area (Å²) in [4.78, 5) is 29.3. The Morgan fingerprint density at radius 3 is 2.62 bits per heavy atom. The Hall–Kier alpha value is -2.59. The molecule has 3 rings (SSSR count). The fourth-order valence-electron chi connectivity index (χ4n) is 2.62. The van der Waals surface area contributed by atoms with Gasteiger partial charge in [0.1, 0.15) is 10.6 Å². The van der Waals surface area contributed by atoms with Crippen molar-refractivity contribution in [2.75, 3.05) is 13.1 Å². The molecule has 0 saturated carbocycles. The SMILES string of the molecule is Cc1n[nH]c(C)c1S(=O)(=O)NCCN1C(=O)c2cccnc2C1=O. The lowest BCUT2D eigenvalue weighted by Crippen LogP contribution is -2.38. The zero-order valence-electron chi connectivity index (χ0n) is 13.0. The number of aromatic amines is 1. The number of carbonyl (C=O) groups excluding carboxylic acids is 2. The van der Waals surface area contributed by atoms with E-state index < -0.39 is 21.8 Å². The van der Waals surface area contributed by atoms with Crippen molar-refractivity contribution < 1.29 is 18.0 Å². The minimum Gasteiger partial charge on any atom is -0.281 e. The largest absolute Gasteiger partial charge is 0.281 e. The summed E-state index contributed by atoms with van der Waals surface area (Å²) in [5.41, 5.74) is 1.09. The van der Waals surface area contributed by atoms with Crippen molar-refractivity contribution in [3.8, 4) is 0 Å². The minimum atomic E-state index is -3.78. The zero-order valence-corrected chi connectivity index (χ0v) is 13.8. The van der Waals surface area contributed by atoms with E-state index in [1.165, 1.54) is 12.3 Å². The number of aromatic nitrogens is 3. The van der Waals surface area contributed by atoms with Crippen LogP contribution in [0.25, 0.3) is 0 Å². The van der Waals surface area contributed by atoms with Crippen molar-refractivity contribution in [1.82, 2.24) is 24.8 Å². The highest BCUT2D eigenvalue weighted by molar-refractivity contribution is 7.89. The number of amides is 2. The van der Waals surface area contributed by atoms with Crippen LogP contribution >= 0.6 is 0 Å². The van der Waals surface area contributed by atoms with Gasteiger partial charge in [-0.3, -0.25) is 24.6 Å². The maximum atomic E-state index is 12.3. The van der Waals surface area contributed by atoms with Gasteiger partial charge in [0, 0.05) is 19.3 Å². The van der Waals surface area contributed by atoms with E-state index in [-0.39, 0.29) is 29.2 Å². The first-order valence-electron chi connectivity index (χ1n) is 7.15. The standard InChI is InChI=1S/C14H15N5O4S/c1-8-12(9(2)18-17-8)24(22,23)16-6-7-19-13(20)10-4-3-5-15-11(10)14(19)21/h3-5,16H,6-7H2,1-2H3,(H,17,18). The molecule has 0 spiro atoms. The lowest BCUT2D eigenvalue weighted by atomic mass is 10.2. The molecule has 1 aliphatic rings. The van der Waals surface area contributed by atoms with Crippen LogP contribution in [0.1, 0.15) is 32.2 Å². The number of aryl methyl sites for hydroxylation is 2. The summed E-state index contributed by atoms with van der Waals surface area (Å²) in [7, 11) is -3.78. The number of hydrogen-bond acceptors (Lipinski definition) is 6. The maximum Gasteiger partial charge on any atom is 0.280 e. The van der Waals surface area contributed by atoms with Crippen molar-refractivity contribution in [3.63, 3.8) is 0 Å². The second kappa shape index (κ2) is 5.80. The summed E-state index contributed by atoms with van der Waals surface area (Å²) >= 11 is 0. The quantitative estimate of drug-likeness (QED) is 0.732. The zero-order chi connectivity index (χ0) is 17.5. The van der Waals surface area contributed by atoms with Crippen LogP contribution in [0, 0.1) is 13.8 Å². The van der Waals surface area contributed by atoms with Crippen LogP contribution < -0.4 is 4.72 Å². The topological polar surface area (TPSA) is 125 Å². The van der Waals surface area contributed by atoms with E-state index in [2.05, 4.69) is 19.9 Å². The molecule has 0 unspecified atom stereocenters. The lowest BCUT2D eigenvalue weighted by molar-refractivity contribution is 0.0655. The molecule has 0 aromatic carbocycles. The van der Waals surface area contributed by atoms with Crippen molar-refractivity contribution in [2.24, 2.45) is 0 Å². The molecular weight excluding hydrogens is 334 g/mol. The number of H-pyrrole nitrogens is 1. The number of hydrogen-bond donors (Lipinski definition) is 2. The average molecular weight is 349 g/mol. The molecule has 0 fully saturated rings. The molecule has 126 valence electrons. The fourth-order valence-corrected chi connectivity index (χ4v) is 4.01. The third-order valence-corrected chi connectivity index (χ3v) is 5.41. The maximum absolute atomic E-state index is 12.3. The van der Waals surface area contributed by atoms with Crippen LogP contribution in [0.5, 0.6) is 0 Å². The Bertz CT molecular complexity index is 880. The predicted molar refractivity (Wildman–Crippen MR) is 82.9 cm³/mol. The Morgan fingerprint density at radius 1 is 1.25 bits per heavy atom. The molecule has 0 saturated heterocycles. The van der Waals surface area contributed by atoms with Crippen molar-refractivity contribution in [2.45, 2.75) is 18.7 Å². The second-order valence-electron chi connectivity index (χ2n) is 5.32. The van der Waals surface area contributed by atoms with Crippen LogP contribution in [-0.2, 0) is 10.0 Å². The highest BCUT2D eigenvalue weighted by Gasteiger charge is 2.36. The van der Waals surface area contributed by atoms with E-state index in [4.69, 9.17) is 0 Å². The van der Waals surface area contributed by atoms with Crippen LogP contribution in [0.4, 0.5) is 0 Å². The summed E-state index contributed by atoms with van der Waals surface area (Å²) in [5, 5.41) is 6.45. The number of nitrogens with one attached hydrogen (secondary N) is 2. The van der Waals surface area contributed by atoms with Gasteiger partial charge in [0.15, 0.2) is 0 Å². The van der Waals surface area contributed by atoms with Crippen LogP contribution in [0.15, 0.2) is 23.2 Å². The number of nitrogens with zero attached hydrogens (tertiary/aromatic N) is 3. The van der Waals surface area contributed by atoms with E-state index >= 15 is 0 Å². The molecule has 1 aliphatic heterocycles. The smallest absolute Gasteiger partial charge is 0.280 e. The molecule has 0 radical (unpaired) electrons. The van der Waals surface area contributed by atoms with Gasteiger partial charge in [0.25, 0.3) is 11.8 Å². The van der Waals surface area contributed by atoms with Crippen LogP contribution in [0.2, 0.25) is 0 Å². The van der Waals surface area contributed by atoms with E-state index in [1.54, 1.807) is 19.9 Å².